The normalized spacial score (nSPS) is 24.9. The predicted molar refractivity (Wildman–Crippen MR) is 68.9 cm³/mol. The van der Waals surface area contributed by atoms with Crippen molar-refractivity contribution in [2.45, 2.75) is 31.9 Å². The predicted octanol–water partition coefficient (Wildman–Crippen LogP) is 2.17. The third-order valence-electron chi connectivity index (χ3n) is 3.75. The van der Waals surface area contributed by atoms with E-state index in [1.807, 2.05) is 0 Å². The van der Waals surface area contributed by atoms with Gasteiger partial charge in [0.2, 0.25) is 5.82 Å². The maximum atomic E-state index is 13.9. The number of rotatable bonds is 3. The van der Waals surface area contributed by atoms with E-state index in [0.717, 1.165) is 0 Å². The Bertz CT molecular complexity index is 608. The molecular weight excluding hydrogens is 286 g/mol. The van der Waals surface area contributed by atoms with E-state index in [2.05, 4.69) is 5.32 Å². The van der Waals surface area contributed by atoms with Gasteiger partial charge in [-0.25, -0.2) is 4.39 Å². The minimum absolute atomic E-state index is 0.298. The molecular formula is C13H14F2N2O4. The van der Waals surface area contributed by atoms with Crippen LogP contribution >= 0.6 is 0 Å². The molecule has 1 fully saturated rings. The zero-order chi connectivity index (χ0) is 15.8. The van der Waals surface area contributed by atoms with Crippen LogP contribution in [-0.4, -0.2) is 29.1 Å². The van der Waals surface area contributed by atoms with Crippen LogP contribution < -0.4 is 5.32 Å². The minimum Gasteiger partial charge on any atom is -0.376 e. The number of nitro benzene ring substituents is 1. The van der Waals surface area contributed by atoms with Gasteiger partial charge in [0.25, 0.3) is 5.91 Å². The molecule has 2 unspecified atom stereocenters. The summed E-state index contributed by atoms with van der Waals surface area (Å²) in [5.74, 6) is -3.31. The van der Waals surface area contributed by atoms with Gasteiger partial charge in [-0.15, -0.1) is 0 Å². The highest BCUT2D eigenvalue weighted by molar-refractivity contribution is 5.95. The number of nitro groups is 1. The summed E-state index contributed by atoms with van der Waals surface area (Å²) in [6.07, 6.45) is 0.215. The molecule has 1 saturated heterocycles. The number of halogens is 2. The number of hydrogen-bond acceptors (Lipinski definition) is 4. The Morgan fingerprint density at radius 3 is 2.71 bits per heavy atom. The van der Waals surface area contributed by atoms with Gasteiger partial charge in [-0.2, -0.15) is 4.39 Å². The first-order valence-electron chi connectivity index (χ1n) is 6.32. The molecule has 0 radical (unpaired) electrons. The van der Waals surface area contributed by atoms with Gasteiger partial charge in [-0.1, -0.05) is 0 Å². The van der Waals surface area contributed by atoms with Crippen molar-refractivity contribution < 1.29 is 23.2 Å². The lowest BCUT2D eigenvalue weighted by molar-refractivity contribution is -0.387. The van der Waals surface area contributed by atoms with Crippen LogP contribution in [0, 0.1) is 21.7 Å². The van der Waals surface area contributed by atoms with Crippen LogP contribution in [0.5, 0.6) is 0 Å². The minimum atomic E-state index is -1.35. The number of amides is 1. The summed E-state index contributed by atoms with van der Waals surface area (Å²) in [6.45, 7) is 3.90. The summed E-state index contributed by atoms with van der Waals surface area (Å²) < 4.78 is 32.6. The summed E-state index contributed by atoms with van der Waals surface area (Å²) in [5, 5.41) is 13.2. The van der Waals surface area contributed by atoms with Crippen molar-refractivity contribution in [3.63, 3.8) is 0 Å². The Hall–Kier alpha value is -2.09. The largest absolute Gasteiger partial charge is 0.376 e. The molecule has 0 aromatic heterocycles. The monoisotopic (exact) mass is 300 g/mol. The maximum Gasteiger partial charge on any atom is 0.308 e. The second-order valence-corrected chi connectivity index (χ2v) is 5.18. The van der Waals surface area contributed by atoms with E-state index < -0.39 is 39.3 Å². The van der Waals surface area contributed by atoms with Crippen molar-refractivity contribution in [1.82, 2.24) is 5.32 Å². The van der Waals surface area contributed by atoms with Gasteiger partial charge < -0.3 is 10.1 Å². The first-order chi connectivity index (χ1) is 9.74. The summed E-state index contributed by atoms with van der Waals surface area (Å²) in [7, 11) is 0. The average molecular weight is 300 g/mol. The average Bonchev–Trinajstić information content (AvgIpc) is 2.71. The van der Waals surface area contributed by atoms with E-state index in [0.29, 0.717) is 25.2 Å². The summed E-state index contributed by atoms with van der Waals surface area (Å²) in [4.78, 5) is 21.7. The first-order valence-corrected chi connectivity index (χ1v) is 6.32. The van der Waals surface area contributed by atoms with Crippen molar-refractivity contribution in [2.75, 3.05) is 6.61 Å². The Kier molecular flexibility index (Phi) is 3.91. The van der Waals surface area contributed by atoms with Crippen LogP contribution in [-0.2, 0) is 4.74 Å². The molecule has 0 saturated carbocycles. The fourth-order valence-electron chi connectivity index (χ4n) is 2.20. The number of ether oxygens (including phenoxy) is 1. The van der Waals surface area contributed by atoms with Crippen molar-refractivity contribution in [1.29, 1.82) is 0 Å². The third kappa shape index (κ3) is 2.85. The van der Waals surface area contributed by atoms with Crippen LogP contribution in [0.3, 0.4) is 0 Å². The van der Waals surface area contributed by atoms with Crippen molar-refractivity contribution in [3.05, 3.63) is 39.4 Å². The molecule has 6 nitrogen and oxygen atoms in total. The number of benzene rings is 1. The Labute approximate surface area is 119 Å². The Morgan fingerprint density at radius 1 is 1.52 bits per heavy atom. The van der Waals surface area contributed by atoms with E-state index in [1.54, 1.807) is 13.8 Å². The van der Waals surface area contributed by atoms with E-state index in [1.165, 1.54) is 0 Å². The molecule has 1 aromatic carbocycles. The van der Waals surface area contributed by atoms with Crippen LogP contribution in [0.25, 0.3) is 0 Å². The lowest BCUT2D eigenvalue weighted by Gasteiger charge is -2.28. The van der Waals surface area contributed by atoms with Crippen molar-refractivity contribution in [2.24, 2.45) is 0 Å². The summed E-state index contributed by atoms with van der Waals surface area (Å²) in [5.41, 5.74) is -2.49. The SMILES string of the molecule is CC1OCCC1(C)NC(=O)c1cc(F)cc([N+](=O)[O-])c1F. The van der Waals surface area contributed by atoms with Crippen LogP contribution in [0.4, 0.5) is 14.5 Å². The number of nitrogens with one attached hydrogen (secondary N) is 1. The third-order valence-corrected chi connectivity index (χ3v) is 3.75. The lowest BCUT2D eigenvalue weighted by atomic mass is 9.94. The number of hydrogen-bond donors (Lipinski definition) is 1. The molecule has 0 aliphatic carbocycles. The number of carbonyl (C=O) groups is 1. The molecule has 1 aliphatic heterocycles. The number of carbonyl (C=O) groups excluding carboxylic acids is 1. The fraction of sp³-hybridized carbons (Fsp3) is 0.462. The summed E-state index contributed by atoms with van der Waals surface area (Å²) in [6, 6.07) is 1.08. The van der Waals surface area contributed by atoms with Crippen molar-refractivity contribution >= 4 is 11.6 Å². The molecule has 1 aromatic rings. The maximum absolute atomic E-state index is 13.9. The summed E-state index contributed by atoms with van der Waals surface area (Å²) >= 11 is 0. The second kappa shape index (κ2) is 5.36. The smallest absolute Gasteiger partial charge is 0.308 e. The zero-order valence-electron chi connectivity index (χ0n) is 11.5. The molecule has 8 heteroatoms. The molecule has 1 aliphatic rings. The van der Waals surface area contributed by atoms with Crippen LogP contribution in [0.2, 0.25) is 0 Å². The molecule has 2 rings (SSSR count). The number of nitrogens with zero attached hydrogens (tertiary/aromatic N) is 1. The van der Waals surface area contributed by atoms with Crippen LogP contribution in [0.15, 0.2) is 12.1 Å². The molecule has 0 spiro atoms. The first kappa shape index (κ1) is 15.3. The molecule has 1 heterocycles. The Morgan fingerprint density at radius 2 is 2.19 bits per heavy atom. The topological polar surface area (TPSA) is 81.5 Å². The highest BCUT2D eigenvalue weighted by Crippen LogP contribution is 2.27. The molecule has 0 bridgehead atoms. The van der Waals surface area contributed by atoms with E-state index in [-0.39, 0.29) is 6.10 Å². The molecule has 2 atom stereocenters. The molecule has 1 N–H and O–H groups in total. The zero-order valence-corrected chi connectivity index (χ0v) is 11.5. The van der Waals surface area contributed by atoms with Crippen LogP contribution in [0.1, 0.15) is 30.6 Å². The van der Waals surface area contributed by atoms with Gasteiger partial charge in [0.1, 0.15) is 5.82 Å². The molecule has 1 amide bonds. The standard InChI is InChI=1S/C13H14F2N2O4/c1-7-13(2,3-4-21-7)16-12(18)9-5-8(14)6-10(11(9)15)17(19)20/h5-7H,3-4H2,1-2H3,(H,16,18). The molecule has 114 valence electrons. The second-order valence-electron chi connectivity index (χ2n) is 5.18. The van der Waals surface area contributed by atoms with Gasteiger partial charge >= 0.3 is 5.69 Å². The lowest BCUT2D eigenvalue weighted by Crippen LogP contribution is -2.50. The van der Waals surface area contributed by atoms with Gasteiger partial charge in [0, 0.05) is 6.61 Å². The van der Waals surface area contributed by atoms with Gasteiger partial charge in [-0.3, -0.25) is 14.9 Å². The Balaban J connectivity index is 2.34. The van der Waals surface area contributed by atoms with Crippen molar-refractivity contribution in [3.8, 4) is 0 Å². The van der Waals surface area contributed by atoms with Gasteiger partial charge in [-0.05, 0) is 26.3 Å². The van der Waals surface area contributed by atoms with E-state index >= 15 is 0 Å². The van der Waals surface area contributed by atoms with Gasteiger partial charge in [0.15, 0.2) is 0 Å². The highest BCUT2D eigenvalue weighted by atomic mass is 19.1. The van der Waals surface area contributed by atoms with Gasteiger partial charge in [0.05, 0.1) is 28.2 Å². The van der Waals surface area contributed by atoms with E-state index in [4.69, 9.17) is 4.74 Å². The fourth-order valence-corrected chi connectivity index (χ4v) is 2.20. The quantitative estimate of drug-likeness (QED) is 0.685. The molecule has 21 heavy (non-hydrogen) atoms. The highest BCUT2D eigenvalue weighted by Gasteiger charge is 2.39. The van der Waals surface area contributed by atoms with E-state index in [9.17, 15) is 23.7 Å².